The highest BCUT2D eigenvalue weighted by molar-refractivity contribution is 7.86. The van der Waals surface area contributed by atoms with Gasteiger partial charge >= 0.3 is 0 Å². The van der Waals surface area contributed by atoms with Crippen molar-refractivity contribution < 1.29 is 17.8 Å². The number of aromatic nitrogens is 3. The summed E-state index contributed by atoms with van der Waals surface area (Å²) in [5.41, 5.74) is 5.16. The third-order valence-corrected chi connectivity index (χ3v) is 9.53. The van der Waals surface area contributed by atoms with Crippen LogP contribution in [-0.2, 0) is 16.5 Å². The molecule has 0 unspecified atom stereocenters. The standard InChI is InChI=1S/C28H19N3O4S3.H3N/c1-16-4-10-22-25(26(16)38(33,34)35)37-28(31-22)19-9-11-21-24(14-19)36-27(30-21)18-7-5-17(6-8-18)13-23(32)20-3-2-12-29-15-20;/h2-12,14-15H,13H2,1H3,(H,33,34,35);1H3. The van der Waals surface area contributed by atoms with Gasteiger partial charge in [0.2, 0.25) is 0 Å². The van der Waals surface area contributed by atoms with Crippen LogP contribution in [0.3, 0.4) is 0 Å². The molecule has 8 nitrogen and oxygen atoms in total. The summed E-state index contributed by atoms with van der Waals surface area (Å²) in [4.78, 5) is 25.8. The number of hydrogen-bond acceptors (Lipinski definition) is 9. The van der Waals surface area contributed by atoms with E-state index >= 15 is 0 Å². The second kappa shape index (κ2) is 10.4. The molecule has 0 aliphatic carbocycles. The van der Waals surface area contributed by atoms with E-state index < -0.39 is 10.1 Å². The highest BCUT2D eigenvalue weighted by Crippen LogP contribution is 2.38. The molecule has 0 spiro atoms. The lowest BCUT2D eigenvalue weighted by atomic mass is 10.0. The molecule has 0 bridgehead atoms. The van der Waals surface area contributed by atoms with Crippen LogP contribution in [0.4, 0.5) is 0 Å². The summed E-state index contributed by atoms with van der Waals surface area (Å²) in [5.74, 6) is 0.0204. The average molecular weight is 575 g/mol. The van der Waals surface area contributed by atoms with Crippen LogP contribution in [0.2, 0.25) is 0 Å². The molecule has 0 radical (unpaired) electrons. The lowest BCUT2D eigenvalue weighted by molar-refractivity contribution is 0.0992. The van der Waals surface area contributed by atoms with Crippen molar-refractivity contribution in [2.45, 2.75) is 18.2 Å². The van der Waals surface area contributed by atoms with Gasteiger partial charge in [-0.05, 0) is 54.4 Å². The van der Waals surface area contributed by atoms with Crippen LogP contribution in [0.1, 0.15) is 21.5 Å². The second-order valence-electron chi connectivity index (χ2n) is 8.79. The van der Waals surface area contributed by atoms with Gasteiger partial charge in [-0.1, -0.05) is 30.3 Å². The zero-order valence-electron chi connectivity index (χ0n) is 20.7. The molecule has 3 heterocycles. The van der Waals surface area contributed by atoms with Crippen LogP contribution in [0.5, 0.6) is 0 Å². The van der Waals surface area contributed by atoms with E-state index in [4.69, 9.17) is 4.98 Å². The van der Waals surface area contributed by atoms with Crippen LogP contribution in [0.15, 0.2) is 84.0 Å². The molecule has 0 saturated carbocycles. The number of Topliss-reactive ketones (excluding diaryl/α,β-unsaturated/α-hetero) is 1. The van der Waals surface area contributed by atoms with Crippen molar-refractivity contribution in [2.24, 2.45) is 0 Å². The van der Waals surface area contributed by atoms with Gasteiger partial charge in [0.25, 0.3) is 10.1 Å². The van der Waals surface area contributed by atoms with E-state index in [9.17, 15) is 17.8 Å². The first-order chi connectivity index (χ1) is 18.3. The molecule has 0 aliphatic heterocycles. The quantitative estimate of drug-likeness (QED) is 0.164. The third-order valence-electron chi connectivity index (χ3n) is 6.15. The minimum absolute atomic E-state index is 0. The first-order valence-electron chi connectivity index (χ1n) is 11.6. The Morgan fingerprint density at radius 2 is 1.59 bits per heavy atom. The minimum atomic E-state index is -4.37. The predicted molar refractivity (Wildman–Crippen MR) is 156 cm³/mol. The van der Waals surface area contributed by atoms with Crippen molar-refractivity contribution >= 4 is 59.0 Å². The normalized spacial score (nSPS) is 11.5. The maximum absolute atomic E-state index is 12.5. The molecule has 6 aromatic rings. The zero-order chi connectivity index (χ0) is 26.4. The summed E-state index contributed by atoms with van der Waals surface area (Å²) in [6.07, 6.45) is 3.52. The second-order valence-corrected chi connectivity index (χ2v) is 12.2. The van der Waals surface area contributed by atoms with Gasteiger partial charge < -0.3 is 6.15 Å². The average Bonchev–Trinajstić information content (AvgIpc) is 3.52. The van der Waals surface area contributed by atoms with Gasteiger partial charge in [-0.25, -0.2) is 9.97 Å². The minimum Gasteiger partial charge on any atom is -0.344 e. The van der Waals surface area contributed by atoms with Gasteiger partial charge in [0.15, 0.2) is 5.78 Å². The summed E-state index contributed by atoms with van der Waals surface area (Å²) < 4.78 is 35.1. The maximum atomic E-state index is 12.5. The molecule has 0 atom stereocenters. The Balaban J connectivity index is 0.00000308. The van der Waals surface area contributed by atoms with Crippen LogP contribution >= 0.6 is 22.7 Å². The number of carbonyl (C=O) groups excluding carboxylic acids is 1. The molecule has 0 aliphatic rings. The number of carbonyl (C=O) groups is 1. The van der Waals surface area contributed by atoms with E-state index in [0.717, 1.165) is 31.9 Å². The molecule has 39 heavy (non-hydrogen) atoms. The summed E-state index contributed by atoms with van der Waals surface area (Å²) in [5, 5.41) is 1.52. The van der Waals surface area contributed by atoms with E-state index in [-0.39, 0.29) is 16.8 Å². The van der Waals surface area contributed by atoms with E-state index in [0.29, 0.717) is 32.8 Å². The molecule has 0 fully saturated rings. The van der Waals surface area contributed by atoms with Crippen molar-refractivity contribution in [3.8, 4) is 21.1 Å². The molecule has 6 rings (SSSR count). The van der Waals surface area contributed by atoms with Gasteiger partial charge in [-0.2, -0.15) is 8.42 Å². The van der Waals surface area contributed by atoms with Crippen molar-refractivity contribution in [1.29, 1.82) is 0 Å². The number of fused-ring (bicyclic) bond motifs is 2. The van der Waals surface area contributed by atoms with E-state index in [1.165, 1.54) is 11.3 Å². The number of hydrogen-bond donors (Lipinski definition) is 2. The Labute approximate surface area is 232 Å². The molecule has 196 valence electrons. The number of rotatable bonds is 6. The van der Waals surface area contributed by atoms with Gasteiger partial charge in [0, 0.05) is 35.5 Å². The fourth-order valence-corrected chi connectivity index (χ4v) is 7.59. The Bertz CT molecular complexity index is 1950. The van der Waals surface area contributed by atoms with Crippen LogP contribution in [0, 0.1) is 6.92 Å². The monoisotopic (exact) mass is 574 g/mol. The van der Waals surface area contributed by atoms with Crippen LogP contribution in [0.25, 0.3) is 41.6 Å². The molecule has 3 aromatic heterocycles. The number of pyridine rings is 1. The number of nitrogens with zero attached hydrogens (tertiary/aromatic N) is 3. The third kappa shape index (κ3) is 5.22. The number of ketones is 1. The van der Waals surface area contributed by atoms with E-state index in [2.05, 4.69) is 9.97 Å². The van der Waals surface area contributed by atoms with Gasteiger partial charge in [0.1, 0.15) is 14.9 Å². The molecule has 0 amide bonds. The molecule has 0 saturated heterocycles. The first kappa shape index (κ1) is 26.7. The zero-order valence-corrected chi connectivity index (χ0v) is 23.1. The number of benzene rings is 3. The predicted octanol–water partition coefficient (Wildman–Crippen LogP) is 6.78. The first-order valence-corrected chi connectivity index (χ1v) is 14.6. The Hall–Kier alpha value is -3.87. The molecular formula is C28H22N4O4S3. The Kier molecular flexibility index (Phi) is 7.10. The van der Waals surface area contributed by atoms with Gasteiger partial charge in [-0.15, -0.1) is 22.7 Å². The van der Waals surface area contributed by atoms with Crippen molar-refractivity contribution in [1.82, 2.24) is 21.1 Å². The van der Waals surface area contributed by atoms with Crippen molar-refractivity contribution in [3.63, 3.8) is 0 Å². The van der Waals surface area contributed by atoms with Crippen LogP contribution in [-0.4, -0.2) is 33.7 Å². The molecular weight excluding hydrogens is 553 g/mol. The number of thiazole rings is 2. The van der Waals surface area contributed by atoms with E-state index in [1.54, 1.807) is 54.9 Å². The summed E-state index contributed by atoms with van der Waals surface area (Å²) >= 11 is 2.78. The molecule has 3 aromatic carbocycles. The Morgan fingerprint density at radius 1 is 0.897 bits per heavy atom. The van der Waals surface area contributed by atoms with Gasteiger partial charge in [-0.3, -0.25) is 14.3 Å². The van der Waals surface area contributed by atoms with Crippen molar-refractivity contribution in [2.75, 3.05) is 0 Å². The SMILES string of the molecule is Cc1ccc2nc(-c3ccc4nc(-c5ccc(CC(=O)c6cccnc6)cc5)sc4c3)sc2c1S(=O)(=O)O.N. The largest absolute Gasteiger partial charge is 0.344 e. The summed E-state index contributed by atoms with van der Waals surface area (Å²) in [7, 11) is -4.37. The van der Waals surface area contributed by atoms with E-state index in [1.807, 2.05) is 42.5 Å². The Morgan fingerprint density at radius 3 is 2.31 bits per heavy atom. The summed E-state index contributed by atoms with van der Waals surface area (Å²) in [6, 6.07) is 20.6. The van der Waals surface area contributed by atoms with Crippen LogP contribution < -0.4 is 6.15 Å². The lowest BCUT2D eigenvalue weighted by Gasteiger charge is -2.02. The van der Waals surface area contributed by atoms with Crippen molar-refractivity contribution in [3.05, 3.63) is 95.8 Å². The number of aryl methyl sites for hydroxylation is 1. The highest BCUT2D eigenvalue weighted by Gasteiger charge is 2.21. The fraction of sp³-hybridized carbons (Fsp3) is 0.0714. The summed E-state index contributed by atoms with van der Waals surface area (Å²) in [6.45, 7) is 1.65. The smallest absolute Gasteiger partial charge is 0.296 e. The topological polar surface area (TPSA) is 145 Å². The fourth-order valence-electron chi connectivity index (χ4n) is 4.27. The lowest BCUT2D eigenvalue weighted by Crippen LogP contribution is -2.03. The maximum Gasteiger partial charge on any atom is 0.296 e. The van der Waals surface area contributed by atoms with Gasteiger partial charge in [0.05, 0.1) is 20.4 Å². The molecule has 11 heteroatoms. The highest BCUT2D eigenvalue weighted by atomic mass is 32.2. The molecule has 4 N–H and O–H groups in total.